The van der Waals surface area contributed by atoms with Gasteiger partial charge in [0.1, 0.15) is 16.5 Å². The Labute approximate surface area is 161 Å². The van der Waals surface area contributed by atoms with Crippen LogP contribution < -0.4 is 5.32 Å². The third kappa shape index (κ3) is 4.95. The lowest BCUT2D eigenvalue weighted by Crippen LogP contribution is -2.30. The summed E-state index contributed by atoms with van der Waals surface area (Å²) in [5.41, 5.74) is 0.634. The van der Waals surface area contributed by atoms with Crippen LogP contribution in [0, 0.1) is 6.92 Å². The highest BCUT2D eigenvalue weighted by atomic mass is 35.5. The van der Waals surface area contributed by atoms with Gasteiger partial charge in [0, 0.05) is 12.7 Å². The van der Waals surface area contributed by atoms with E-state index in [1.54, 1.807) is 23.7 Å². The number of nitrogens with zero attached hydrogens (tertiary/aromatic N) is 3. The molecule has 0 aliphatic heterocycles. The van der Waals surface area contributed by atoms with Gasteiger partial charge in [0.05, 0.1) is 10.7 Å². The molecule has 1 atom stereocenters. The van der Waals surface area contributed by atoms with Crippen LogP contribution in [0.25, 0.3) is 0 Å². The fraction of sp³-hybridized carbons (Fsp3) is 0.412. The number of carbonyl (C=O) groups is 2. The molecule has 2 aromatic rings. The zero-order valence-corrected chi connectivity index (χ0v) is 16.3. The van der Waals surface area contributed by atoms with E-state index in [1.165, 1.54) is 13.1 Å². The molecule has 0 aliphatic rings. The first kappa shape index (κ1) is 20.2. The number of anilines is 1. The minimum Gasteiger partial charge on any atom is -0.449 e. The molecule has 0 spiro atoms. The number of unbranched alkanes of at least 4 members (excludes halogenated alkanes) is 1. The molecule has 0 radical (unpaired) electrons. The molecule has 1 N–H and O–H groups in total. The molecular formula is C17H20Cl2N4O3. The summed E-state index contributed by atoms with van der Waals surface area (Å²) in [6.45, 7) is 5.80. The van der Waals surface area contributed by atoms with Crippen molar-refractivity contribution in [2.24, 2.45) is 0 Å². The zero-order valence-electron chi connectivity index (χ0n) is 14.8. The number of esters is 1. The van der Waals surface area contributed by atoms with E-state index in [4.69, 9.17) is 27.9 Å². The van der Waals surface area contributed by atoms with Gasteiger partial charge in [-0.3, -0.25) is 9.48 Å². The fourth-order valence-electron chi connectivity index (χ4n) is 2.19. The summed E-state index contributed by atoms with van der Waals surface area (Å²) >= 11 is 12.0. The average molecular weight is 399 g/mol. The summed E-state index contributed by atoms with van der Waals surface area (Å²) in [6.07, 6.45) is 2.24. The lowest BCUT2D eigenvalue weighted by molar-refractivity contribution is -0.123. The maximum absolute atomic E-state index is 12.4. The molecule has 0 unspecified atom stereocenters. The van der Waals surface area contributed by atoms with Crippen LogP contribution in [-0.4, -0.2) is 32.7 Å². The van der Waals surface area contributed by atoms with Crippen molar-refractivity contribution in [3.05, 3.63) is 39.8 Å². The number of hydrogen-bond acceptors (Lipinski definition) is 5. The minimum absolute atomic E-state index is 0.173. The standard InChI is InChI=1S/C17H20Cl2N4O3/c1-4-5-8-23-15(19)14(10(2)22-23)17(25)26-11(3)16(24)21-13-7-6-12(18)9-20-13/h6-7,9,11H,4-5,8H2,1-3H3,(H,20,21,24)/t11-/m1/s1. The Morgan fingerprint density at radius 2 is 2.08 bits per heavy atom. The number of rotatable bonds is 7. The van der Waals surface area contributed by atoms with E-state index in [2.05, 4.69) is 22.3 Å². The number of carbonyl (C=O) groups excluding carboxylic acids is 2. The fourth-order valence-corrected chi connectivity index (χ4v) is 2.64. The monoisotopic (exact) mass is 398 g/mol. The highest BCUT2D eigenvalue weighted by Gasteiger charge is 2.25. The Kier molecular flexibility index (Phi) is 6.99. The third-order valence-electron chi connectivity index (χ3n) is 3.62. The highest BCUT2D eigenvalue weighted by molar-refractivity contribution is 6.32. The largest absolute Gasteiger partial charge is 0.449 e. The van der Waals surface area contributed by atoms with Gasteiger partial charge in [-0.05, 0) is 32.4 Å². The van der Waals surface area contributed by atoms with Gasteiger partial charge in [0.25, 0.3) is 5.91 Å². The van der Waals surface area contributed by atoms with E-state index in [9.17, 15) is 9.59 Å². The SMILES string of the molecule is CCCCn1nc(C)c(C(=O)O[C@H](C)C(=O)Nc2ccc(Cl)cn2)c1Cl. The number of ether oxygens (including phenoxy) is 1. The van der Waals surface area contributed by atoms with E-state index >= 15 is 0 Å². The van der Waals surface area contributed by atoms with Crippen LogP contribution in [0.5, 0.6) is 0 Å². The van der Waals surface area contributed by atoms with Crippen molar-refractivity contribution < 1.29 is 14.3 Å². The first-order valence-electron chi connectivity index (χ1n) is 8.19. The van der Waals surface area contributed by atoms with Gasteiger partial charge in [0.15, 0.2) is 6.10 Å². The van der Waals surface area contributed by atoms with E-state index in [0.717, 1.165) is 12.8 Å². The number of amides is 1. The number of nitrogens with one attached hydrogen (secondary N) is 1. The van der Waals surface area contributed by atoms with Crippen LogP contribution in [-0.2, 0) is 16.1 Å². The molecule has 7 nitrogen and oxygen atoms in total. The Balaban J connectivity index is 2.03. The van der Waals surface area contributed by atoms with Crippen LogP contribution in [0.2, 0.25) is 10.2 Å². The predicted octanol–water partition coefficient (Wildman–Crippen LogP) is 3.88. The van der Waals surface area contributed by atoms with Crippen molar-refractivity contribution >= 4 is 40.9 Å². The normalized spacial score (nSPS) is 11.9. The lowest BCUT2D eigenvalue weighted by Gasteiger charge is -2.13. The maximum Gasteiger partial charge on any atom is 0.343 e. The van der Waals surface area contributed by atoms with Crippen LogP contribution in [0.4, 0.5) is 5.82 Å². The number of aromatic nitrogens is 3. The second kappa shape index (κ2) is 9.00. The Bertz CT molecular complexity index is 790. The van der Waals surface area contributed by atoms with Crippen LogP contribution in [0.15, 0.2) is 18.3 Å². The van der Waals surface area contributed by atoms with E-state index < -0.39 is 18.0 Å². The molecular weight excluding hydrogens is 379 g/mol. The van der Waals surface area contributed by atoms with Gasteiger partial charge in [-0.25, -0.2) is 9.78 Å². The minimum atomic E-state index is -1.03. The van der Waals surface area contributed by atoms with E-state index in [1.807, 2.05) is 0 Å². The number of aryl methyl sites for hydroxylation is 2. The van der Waals surface area contributed by atoms with Crippen molar-refractivity contribution in [2.45, 2.75) is 46.3 Å². The maximum atomic E-state index is 12.4. The zero-order chi connectivity index (χ0) is 19.3. The molecule has 0 saturated heterocycles. The summed E-state index contributed by atoms with van der Waals surface area (Å²) in [4.78, 5) is 28.5. The van der Waals surface area contributed by atoms with Crippen LogP contribution in [0.1, 0.15) is 42.7 Å². The summed E-state index contributed by atoms with van der Waals surface area (Å²) in [5, 5.41) is 7.47. The van der Waals surface area contributed by atoms with Crippen molar-refractivity contribution in [1.82, 2.24) is 14.8 Å². The smallest absolute Gasteiger partial charge is 0.343 e. The summed E-state index contributed by atoms with van der Waals surface area (Å²) in [7, 11) is 0. The molecule has 0 fully saturated rings. The van der Waals surface area contributed by atoms with Gasteiger partial charge in [-0.1, -0.05) is 36.5 Å². The molecule has 2 heterocycles. The molecule has 0 aromatic carbocycles. The molecule has 1 amide bonds. The number of pyridine rings is 1. The molecule has 0 saturated carbocycles. The van der Waals surface area contributed by atoms with E-state index in [-0.39, 0.29) is 10.7 Å². The van der Waals surface area contributed by atoms with E-state index in [0.29, 0.717) is 23.1 Å². The molecule has 0 aliphatic carbocycles. The first-order valence-corrected chi connectivity index (χ1v) is 8.95. The Hall–Kier alpha value is -2.12. The molecule has 140 valence electrons. The predicted molar refractivity (Wildman–Crippen MR) is 99.6 cm³/mol. The Morgan fingerprint density at radius 1 is 1.35 bits per heavy atom. The second-order valence-corrected chi connectivity index (χ2v) is 6.52. The summed E-state index contributed by atoms with van der Waals surface area (Å²) in [5.74, 6) is -0.897. The highest BCUT2D eigenvalue weighted by Crippen LogP contribution is 2.22. The van der Waals surface area contributed by atoms with Gasteiger partial charge >= 0.3 is 5.97 Å². The topological polar surface area (TPSA) is 86.1 Å². The van der Waals surface area contributed by atoms with Crippen LogP contribution in [0.3, 0.4) is 0 Å². The van der Waals surface area contributed by atoms with Crippen molar-refractivity contribution in [3.8, 4) is 0 Å². The van der Waals surface area contributed by atoms with Crippen molar-refractivity contribution in [2.75, 3.05) is 5.32 Å². The van der Waals surface area contributed by atoms with Crippen LogP contribution >= 0.6 is 23.2 Å². The summed E-state index contributed by atoms with van der Waals surface area (Å²) < 4.78 is 6.80. The average Bonchev–Trinajstić information content (AvgIpc) is 2.88. The molecule has 9 heteroatoms. The quantitative estimate of drug-likeness (QED) is 0.715. The first-order chi connectivity index (χ1) is 12.3. The molecule has 2 rings (SSSR count). The van der Waals surface area contributed by atoms with Gasteiger partial charge < -0.3 is 10.1 Å². The molecule has 2 aromatic heterocycles. The third-order valence-corrected chi connectivity index (χ3v) is 4.23. The number of halogens is 2. The molecule has 0 bridgehead atoms. The van der Waals surface area contributed by atoms with Gasteiger partial charge in [-0.15, -0.1) is 0 Å². The van der Waals surface area contributed by atoms with Crippen molar-refractivity contribution in [3.63, 3.8) is 0 Å². The van der Waals surface area contributed by atoms with Gasteiger partial charge in [-0.2, -0.15) is 5.10 Å². The lowest BCUT2D eigenvalue weighted by atomic mass is 10.2. The van der Waals surface area contributed by atoms with Crippen molar-refractivity contribution in [1.29, 1.82) is 0 Å². The summed E-state index contributed by atoms with van der Waals surface area (Å²) in [6, 6.07) is 3.14. The molecule has 26 heavy (non-hydrogen) atoms. The Morgan fingerprint density at radius 3 is 2.69 bits per heavy atom. The van der Waals surface area contributed by atoms with Gasteiger partial charge in [0.2, 0.25) is 0 Å². The number of hydrogen-bond donors (Lipinski definition) is 1. The second-order valence-electron chi connectivity index (χ2n) is 5.73.